The van der Waals surface area contributed by atoms with Crippen LogP contribution in [0.25, 0.3) is 0 Å². The van der Waals surface area contributed by atoms with Crippen molar-refractivity contribution in [2.75, 3.05) is 0 Å². The Labute approximate surface area is 164 Å². The molecule has 5 heteroatoms. The fourth-order valence-corrected chi connectivity index (χ4v) is 6.48. The Morgan fingerprint density at radius 2 is 1.57 bits per heavy atom. The molecule has 28 heavy (non-hydrogen) atoms. The van der Waals surface area contributed by atoms with Crippen LogP contribution in [0.5, 0.6) is 0 Å². The van der Waals surface area contributed by atoms with Gasteiger partial charge in [-0.15, -0.1) is 0 Å². The molecule has 2 atom stereocenters. The highest BCUT2D eigenvalue weighted by molar-refractivity contribution is 5.95. The number of hydrogen-bond acceptors (Lipinski definition) is 3. The molecule has 0 aliphatic heterocycles. The first-order chi connectivity index (χ1) is 13.6. The molecule has 144 valence electrons. The third-order valence-electron chi connectivity index (χ3n) is 7.16. The summed E-state index contributed by atoms with van der Waals surface area (Å²) >= 11 is 0. The number of nitrogens with one attached hydrogen (secondary N) is 2. The molecule has 0 unspecified atom stereocenters. The minimum absolute atomic E-state index is 0.0238. The molecule has 4 aliphatic rings. The third kappa shape index (κ3) is 2.81. The van der Waals surface area contributed by atoms with Gasteiger partial charge in [-0.1, -0.05) is 30.3 Å². The SMILES string of the molecule is O=C(NNC(=O)C12C[C@@H]3C[C@@H](C1)CC(c1ccccc1)(C3)C2)c1ccncc1. The molecule has 0 saturated heterocycles. The van der Waals surface area contributed by atoms with Crippen molar-refractivity contribution in [1.82, 2.24) is 15.8 Å². The molecule has 6 rings (SSSR count). The Hall–Kier alpha value is -2.69. The number of carbonyl (C=O) groups is 2. The molecule has 0 radical (unpaired) electrons. The second-order valence-electron chi connectivity index (χ2n) is 9.03. The molecule has 4 aliphatic carbocycles. The monoisotopic (exact) mass is 375 g/mol. The van der Waals surface area contributed by atoms with Gasteiger partial charge in [0.05, 0.1) is 5.41 Å². The molecule has 5 nitrogen and oxygen atoms in total. The molecule has 1 aromatic heterocycles. The van der Waals surface area contributed by atoms with Gasteiger partial charge in [0.1, 0.15) is 0 Å². The molecule has 1 heterocycles. The van der Waals surface area contributed by atoms with E-state index in [1.165, 1.54) is 24.8 Å². The second-order valence-corrected chi connectivity index (χ2v) is 9.03. The van der Waals surface area contributed by atoms with Crippen LogP contribution in [0, 0.1) is 17.3 Å². The summed E-state index contributed by atoms with van der Waals surface area (Å²) < 4.78 is 0. The number of nitrogens with zero attached hydrogens (tertiary/aromatic N) is 1. The average Bonchev–Trinajstić information content (AvgIpc) is 2.72. The van der Waals surface area contributed by atoms with Crippen LogP contribution in [0.2, 0.25) is 0 Å². The van der Waals surface area contributed by atoms with Gasteiger partial charge in [0.2, 0.25) is 5.91 Å². The minimum atomic E-state index is -0.370. The van der Waals surface area contributed by atoms with Gasteiger partial charge in [-0.2, -0.15) is 0 Å². The molecule has 4 bridgehead atoms. The lowest BCUT2D eigenvalue weighted by Crippen LogP contribution is -2.60. The van der Waals surface area contributed by atoms with Gasteiger partial charge in [-0.25, -0.2) is 0 Å². The summed E-state index contributed by atoms with van der Waals surface area (Å²) in [6.07, 6.45) is 9.52. The zero-order valence-electron chi connectivity index (χ0n) is 15.9. The molecule has 0 spiro atoms. The molecular formula is C23H25N3O2. The topological polar surface area (TPSA) is 71.1 Å². The van der Waals surface area contributed by atoms with E-state index in [-0.39, 0.29) is 22.6 Å². The van der Waals surface area contributed by atoms with Gasteiger partial charge >= 0.3 is 0 Å². The molecule has 2 N–H and O–H groups in total. The maximum Gasteiger partial charge on any atom is 0.269 e. The number of hydrazine groups is 1. The molecule has 4 saturated carbocycles. The van der Waals surface area contributed by atoms with Crippen LogP contribution in [-0.4, -0.2) is 16.8 Å². The van der Waals surface area contributed by atoms with Crippen LogP contribution in [-0.2, 0) is 10.2 Å². The van der Waals surface area contributed by atoms with E-state index < -0.39 is 0 Å². The van der Waals surface area contributed by atoms with E-state index in [1.54, 1.807) is 24.5 Å². The standard InChI is InChI=1S/C23H25N3O2/c27-20(18-6-8-24-9-7-18)25-26-21(28)23-13-16-10-17(14-23)12-22(11-16,15-23)19-4-2-1-3-5-19/h1-9,16-17H,10-15H2,(H,25,27)(H,26,28)/t16-,17-,22?,23?/m1/s1. The molecule has 1 aromatic carbocycles. The highest BCUT2D eigenvalue weighted by Gasteiger charge is 2.60. The van der Waals surface area contributed by atoms with Gasteiger partial charge in [0.25, 0.3) is 5.91 Å². The number of pyridine rings is 1. The van der Waals surface area contributed by atoms with Crippen molar-refractivity contribution in [3.05, 3.63) is 66.0 Å². The van der Waals surface area contributed by atoms with E-state index in [0.29, 0.717) is 17.4 Å². The number of hydrogen-bond donors (Lipinski definition) is 2. The zero-order valence-corrected chi connectivity index (χ0v) is 15.9. The van der Waals surface area contributed by atoms with Gasteiger partial charge in [0, 0.05) is 18.0 Å². The van der Waals surface area contributed by atoms with Gasteiger partial charge in [-0.3, -0.25) is 25.4 Å². The lowest BCUT2D eigenvalue weighted by atomic mass is 9.42. The van der Waals surface area contributed by atoms with Crippen molar-refractivity contribution in [1.29, 1.82) is 0 Å². The molecule has 4 fully saturated rings. The van der Waals surface area contributed by atoms with E-state index in [2.05, 4.69) is 46.2 Å². The van der Waals surface area contributed by atoms with E-state index in [0.717, 1.165) is 19.3 Å². The van der Waals surface area contributed by atoms with Crippen molar-refractivity contribution in [2.45, 2.75) is 43.9 Å². The maximum atomic E-state index is 13.3. The molecule has 2 amide bonds. The lowest BCUT2D eigenvalue weighted by Gasteiger charge is -2.61. The lowest BCUT2D eigenvalue weighted by molar-refractivity contribution is -0.149. The maximum absolute atomic E-state index is 13.3. The number of rotatable bonds is 3. The van der Waals surface area contributed by atoms with E-state index in [4.69, 9.17) is 0 Å². The first kappa shape index (κ1) is 17.4. The summed E-state index contributed by atoms with van der Waals surface area (Å²) in [6, 6.07) is 14.0. The summed E-state index contributed by atoms with van der Waals surface area (Å²) in [7, 11) is 0. The Kier molecular flexibility index (Phi) is 4.00. The van der Waals surface area contributed by atoms with E-state index in [1.807, 2.05) is 0 Å². The fraction of sp³-hybridized carbons (Fsp3) is 0.435. The largest absolute Gasteiger partial charge is 0.273 e. The van der Waals surface area contributed by atoms with Gasteiger partial charge < -0.3 is 0 Å². The highest BCUT2D eigenvalue weighted by atomic mass is 16.2. The first-order valence-corrected chi connectivity index (χ1v) is 10.2. The Bertz CT molecular complexity index is 883. The number of aromatic nitrogens is 1. The van der Waals surface area contributed by atoms with Crippen molar-refractivity contribution >= 4 is 11.8 Å². The molecular weight excluding hydrogens is 350 g/mol. The van der Waals surface area contributed by atoms with Gasteiger partial charge in [0.15, 0.2) is 0 Å². The normalized spacial score (nSPS) is 32.7. The fourth-order valence-electron chi connectivity index (χ4n) is 6.48. The van der Waals surface area contributed by atoms with Crippen LogP contribution in [0.15, 0.2) is 54.9 Å². The summed E-state index contributed by atoms with van der Waals surface area (Å²) in [5, 5.41) is 0. The minimum Gasteiger partial charge on any atom is -0.273 e. The Balaban J connectivity index is 1.36. The smallest absolute Gasteiger partial charge is 0.269 e. The summed E-state index contributed by atoms with van der Waals surface area (Å²) in [5.41, 5.74) is 6.96. The number of benzene rings is 1. The predicted octanol–water partition coefficient (Wildman–Crippen LogP) is 3.38. The number of amides is 2. The van der Waals surface area contributed by atoms with Gasteiger partial charge in [-0.05, 0) is 73.5 Å². The highest BCUT2D eigenvalue weighted by Crippen LogP contribution is 2.65. The van der Waals surface area contributed by atoms with Crippen LogP contribution >= 0.6 is 0 Å². The van der Waals surface area contributed by atoms with Crippen LogP contribution in [0.1, 0.15) is 54.4 Å². The summed E-state index contributed by atoms with van der Waals surface area (Å²) in [4.78, 5) is 29.5. The summed E-state index contributed by atoms with van der Waals surface area (Å²) in [5.74, 6) is 0.869. The number of carbonyl (C=O) groups excluding carboxylic acids is 2. The first-order valence-electron chi connectivity index (χ1n) is 10.2. The average molecular weight is 375 g/mol. The predicted molar refractivity (Wildman–Crippen MR) is 105 cm³/mol. The van der Waals surface area contributed by atoms with Crippen LogP contribution in [0.3, 0.4) is 0 Å². The van der Waals surface area contributed by atoms with Crippen LogP contribution in [0.4, 0.5) is 0 Å². The van der Waals surface area contributed by atoms with Crippen LogP contribution < -0.4 is 10.9 Å². The van der Waals surface area contributed by atoms with E-state index >= 15 is 0 Å². The van der Waals surface area contributed by atoms with Crippen molar-refractivity contribution in [3.63, 3.8) is 0 Å². The second kappa shape index (κ2) is 6.43. The molecule has 2 aromatic rings. The van der Waals surface area contributed by atoms with Crippen molar-refractivity contribution < 1.29 is 9.59 Å². The van der Waals surface area contributed by atoms with Crippen molar-refractivity contribution in [3.8, 4) is 0 Å². The van der Waals surface area contributed by atoms with E-state index in [9.17, 15) is 9.59 Å². The quantitative estimate of drug-likeness (QED) is 0.808. The summed E-state index contributed by atoms with van der Waals surface area (Å²) in [6.45, 7) is 0. The van der Waals surface area contributed by atoms with Crippen molar-refractivity contribution in [2.24, 2.45) is 17.3 Å². The Morgan fingerprint density at radius 3 is 2.25 bits per heavy atom. The Morgan fingerprint density at radius 1 is 0.893 bits per heavy atom. The third-order valence-corrected chi connectivity index (χ3v) is 7.16. The zero-order chi connectivity index (χ0) is 19.2.